The molecule has 2 aromatic rings. The van der Waals surface area contributed by atoms with Gasteiger partial charge in [-0.15, -0.1) is 0 Å². The van der Waals surface area contributed by atoms with Crippen LogP contribution < -0.4 is 4.74 Å². The van der Waals surface area contributed by atoms with Crippen LogP contribution in [0.2, 0.25) is 0 Å². The van der Waals surface area contributed by atoms with E-state index in [1.807, 2.05) is 13.8 Å². The van der Waals surface area contributed by atoms with E-state index in [1.165, 1.54) is 17.7 Å². The Morgan fingerprint density at radius 2 is 1.83 bits per heavy atom. The smallest absolute Gasteiger partial charge is 0.309 e. The third-order valence-corrected chi connectivity index (χ3v) is 9.99. The second-order valence-electron chi connectivity index (χ2n) is 13.3. The van der Waals surface area contributed by atoms with Crippen molar-refractivity contribution in [2.24, 2.45) is 11.3 Å². The molecule has 3 fully saturated rings. The number of hydrogen-bond donors (Lipinski definition) is 1. The fourth-order valence-corrected chi connectivity index (χ4v) is 7.34. The fourth-order valence-electron chi connectivity index (χ4n) is 7.34. The molecule has 0 aromatic heterocycles. The molecule has 1 N–H and O–H groups in total. The third kappa shape index (κ3) is 5.55. The van der Waals surface area contributed by atoms with Crippen LogP contribution in [0, 0.1) is 17.2 Å². The predicted octanol–water partition coefficient (Wildman–Crippen LogP) is 7.29. The minimum absolute atomic E-state index is 0.189. The normalized spacial score (nSPS) is 30.9. The maximum absolute atomic E-state index is 15.0. The lowest BCUT2D eigenvalue weighted by Gasteiger charge is -2.52. The van der Waals surface area contributed by atoms with Gasteiger partial charge in [0.25, 0.3) is 0 Å². The quantitative estimate of drug-likeness (QED) is 0.341. The first kappa shape index (κ1) is 28.4. The largest absolute Gasteiger partial charge is 0.493 e. The highest BCUT2D eigenvalue weighted by Gasteiger charge is 2.53. The molecule has 0 bridgehead atoms. The summed E-state index contributed by atoms with van der Waals surface area (Å²) in [4.78, 5) is 14.1. The van der Waals surface area contributed by atoms with E-state index in [9.17, 15) is 14.3 Å². The van der Waals surface area contributed by atoms with Gasteiger partial charge in [0.15, 0.2) is 0 Å². The van der Waals surface area contributed by atoms with Crippen molar-refractivity contribution in [2.45, 2.75) is 83.0 Å². The molecule has 5 nitrogen and oxygen atoms in total. The number of carbonyl (C=O) groups is 1. The van der Waals surface area contributed by atoms with Crippen molar-refractivity contribution < 1.29 is 28.2 Å². The van der Waals surface area contributed by atoms with Crippen LogP contribution in [0.4, 0.5) is 8.78 Å². The molecule has 0 radical (unpaired) electrons. The zero-order valence-corrected chi connectivity index (χ0v) is 24.3. The molecule has 1 spiro atoms. The van der Waals surface area contributed by atoms with Gasteiger partial charge < -0.3 is 14.6 Å². The van der Waals surface area contributed by atoms with Crippen LogP contribution in [0.3, 0.4) is 0 Å². The number of carboxylic acid groups (broad SMARTS) is 1. The van der Waals surface area contributed by atoms with Gasteiger partial charge in [-0.2, -0.15) is 0 Å². The molecule has 2 unspecified atom stereocenters. The van der Waals surface area contributed by atoms with E-state index in [1.54, 1.807) is 19.1 Å². The number of nitrogens with zero attached hydrogens (tertiary/aromatic N) is 1. The van der Waals surface area contributed by atoms with E-state index in [0.717, 1.165) is 74.0 Å². The van der Waals surface area contributed by atoms with Crippen LogP contribution in [-0.2, 0) is 16.1 Å². The van der Waals surface area contributed by atoms with Crippen LogP contribution >= 0.6 is 0 Å². The molecule has 2 atom stereocenters. The number of carboxylic acids is 1. The lowest BCUT2D eigenvalue weighted by atomic mass is 9.68. The Morgan fingerprint density at radius 1 is 1.15 bits per heavy atom. The first-order valence-corrected chi connectivity index (χ1v) is 15.0. The number of alkyl halides is 1. The van der Waals surface area contributed by atoms with Crippen molar-refractivity contribution in [3.05, 3.63) is 65.0 Å². The van der Waals surface area contributed by atoms with E-state index < -0.39 is 17.1 Å². The summed E-state index contributed by atoms with van der Waals surface area (Å²) >= 11 is 0. The Kier molecular flexibility index (Phi) is 7.26. The van der Waals surface area contributed by atoms with E-state index in [4.69, 9.17) is 9.47 Å². The van der Waals surface area contributed by atoms with Gasteiger partial charge in [-0.25, -0.2) is 8.78 Å². The minimum atomic E-state index is -1.25. The summed E-state index contributed by atoms with van der Waals surface area (Å²) in [6.45, 7) is 8.93. The van der Waals surface area contributed by atoms with Gasteiger partial charge >= 0.3 is 5.97 Å². The van der Waals surface area contributed by atoms with Crippen molar-refractivity contribution in [3.8, 4) is 16.9 Å². The topological polar surface area (TPSA) is 59.0 Å². The van der Waals surface area contributed by atoms with Gasteiger partial charge in [0.1, 0.15) is 17.2 Å². The van der Waals surface area contributed by atoms with Crippen LogP contribution in [0.25, 0.3) is 11.1 Å². The summed E-state index contributed by atoms with van der Waals surface area (Å²) in [6, 6.07) is 10.5. The first-order chi connectivity index (χ1) is 19.5. The van der Waals surface area contributed by atoms with Crippen molar-refractivity contribution in [2.75, 3.05) is 26.3 Å². The van der Waals surface area contributed by atoms with Gasteiger partial charge in [-0.3, -0.25) is 9.69 Å². The first-order valence-electron chi connectivity index (χ1n) is 15.0. The zero-order valence-electron chi connectivity index (χ0n) is 24.3. The molecule has 220 valence electrons. The Hall–Kier alpha value is -2.77. The molecular weight excluding hydrogens is 524 g/mol. The molecule has 0 amide bonds. The molecule has 4 aliphatic rings. The molecular formula is C34H41F2NO4. The van der Waals surface area contributed by atoms with Crippen molar-refractivity contribution >= 4 is 5.97 Å². The monoisotopic (exact) mass is 565 g/mol. The van der Waals surface area contributed by atoms with E-state index in [0.29, 0.717) is 31.3 Å². The van der Waals surface area contributed by atoms with E-state index in [2.05, 4.69) is 23.1 Å². The highest BCUT2D eigenvalue weighted by molar-refractivity contribution is 5.76. The highest BCUT2D eigenvalue weighted by Crippen LogP contribution is 2.58. The maximum atomic E-state index is 15.0. The number of aliphatic carboxylic acids is 1. The Morgan fingerprint density at radius 3 is 2.44 bits per heavy atom. The SMILES string of the molecule is CCOc1cc(CN2CC3(CC(C4CCC(C)(C(=O)O)CC4)=CCO3)C2)cc(C2CC2(C)F)c1-c1ccc(F)cc1. The summed E-state index contributed by atoms with van der Waals surface area (Å²) in [5, 5.41) is 9.60. The van der Waals surface area contributed by atoms with Crippen molar-refractivity contribution in [1.82, 2.24) is 4.90 Å². The minimum Gasteiger partial charge on any atom is -0.493 e. The van der Waals surface area contributed by atoms with Crippen LogP contribution in [0.1, 0.15) is 76.3 Å². The summed E-state index contributed by atoms with van der Waals surface area (Å²) in [6.07, 6.45) is 6.89. The molecule has 2 saturated carbocycles. The number of hydrogen-bond acceptors (Lipinski definition) is 4. The summed E-state index contributed by atoms with van der Waals surface area (Å²) in [5.41, 5.74) is 3.11. The fraction of sp³-hybridized carbons (Fsp3) is 0.559. The highest BCUT2D eigenvalue weighted by atomic mass is 19.1. The van der Waals surface area contributed by atoms with Gasteiger partial charge in [0.05, 0.1) is 24.2 Å². The predicted molar refractivity (Wildman–Crippen MR) is 154 cm³/mol. The van der Waals surface area contributed by atoms with Crippen LogP contribution in [0.5, 0.6) is 5.75 Å². The molecule has 6 rings (SSSR count). The number of benzene rings is 2. The summed E-state index contributed by atoms with van der Waals surface area (Å²) in [5.74, 6) is -0.0292. The zero-order chi connectivity index (χ0) is 29.0. The summed E-state index contributed by atoms with van der Waals surface area (Å²) < 4.78 is 41.2. The molecule has 2 heterocycles. The van der Waals surface area contributed by atoms with E-state index >= 15 is 4.39 Å². The lowest BCUT2D eigenvalue weighted by molar-refractivity contribution is -0.151. The average molecular weight is 566 g/mol. The third-order valence-electron chi connectivity index (χ3n) is 9.99. The number of rotatable bonds is 8. The van der Waals surface area contributed by atoms with Gasteiger partial charge in [0.2, 0.25) is 0 Å². The van der Waals surface area contributed by atoms with Crippen molar-refractivity contribution in [1.29, 1.82) is 0 Å². The van der Waals surface area contributed by atoms with Gasteiger partial charge in [0, 0.05) is 37.5 Å². The average Bonchev–Trinajstić information content (AvgIpc) is 3.56. The van der Waals surface area contributed by atoms with Crippen molar-refractivity contribution in [3.63, 3.8) is 0 Å². The number of halogens is 2. The number of ether oxygens (including phenoxy) is 2. The standard InChI is InChI=1S/C34H41F2NO4/c1-4-40-29-16-22(15-27(28-18-33(28,3)36)30(29)24-5-7-26(35)8-6-24)19-37-20-34(21-37)17-25(11-14-41-34)23-9-12-32(2,13-10-23)31(38)39/h5-8,11,15-16,23,28H,4,9-10,12-14,17-21H2,1-3H3,(H,38,39). The van der Waals surface area contributed by atoms with E-state index in [-0.39, 0.29) is 17.3 Å². The molecule has 2 aliphatic carbocycles. The molecule has 7 heteroatoms. The number of likely N-dealkylation sites (tertiary alicyclic amines) is 1. The second-order valence-corrected chi connectivity index (χ2v) is 13.3. The Labute approximate surface area is 241 Å². The second kappa shape index (κ2) is 10.5. The maximum Gasteiger partial charge on any atom is 0.309 e. The van der Waals surface area contributed by atoms with Gasteiger partial charge in [-0.1, -0.05) is 29.8 Å². The summed E-state index contributed by atoms with van der Waals surface area (Å²) in [7, 11) is 0. The Balaban J connectivity index is 1.17. The molecule has 1 saturated heterocycles. The Bertz CT molecular complexity index is 1340. The lowest BCUT2D eigenvalue weighted by Crippen LogP contribution is -2.63. The molecule has 2 aromatic carbocycles. The molecule has 41 heavy (non-hydrogen) atoms. The molecule has 2 aliphatic heterocycles. The van der Waals surface area contributed by atoms with Crippen LogP contribution in [-0.4, -0.2) is 53.5 Å². The van der Waals surface area contributed by atoms with Crippen LogP contribution in [0.15, 0.2) is 48.0 Å². The van der Waals surface area contributed by atoms with Gasteiger partial charge in [-0.05, 0) is 93.7 Å².